The van der Waals surface area contributed by atoms with Crippen molar-refractivity contribution in [2.45, 2.75) is 37.0 Å². The molecule has 2 aromatic rings. The topological polar surface area (TPSA) is 110 Å². The monoisotopic (exact) mass is 448 g/mol. The predicted octanol–water partition coefficient (Wildman–Crippen LogP) is 0.864. The summed E-state index contributed by atoms with van der Waals surface area (Å²) in [5, 5.41) is 2.77. The van der Waals surface area contributed by atoms with Gasteiger partial charge in [0.1, 0.15) is 0 Å². The van der Waals surface area contributed by atoms with E-state index < -0.39 is 21.1 Å². The zero-order valence-corrected chi connectivity index (χ0v) is 18.9. The highest BCUT2D eigenvalue weighted by molar-refractivity contribution is 7.89. The first-order valence-corrected chi connectivity index (χ1v) is 11.7. The molecule has 0 bridgehead atoms. The molecule has 0 atom stereocenters. The highest BCUT2D eigenvalue weighted by Gasteiger charge is 2.24. The van der Waals surface area contributed by atoms with E-state index in [1.807, 2.05) is 0 Å². The molecule has 1 aromatic heterocycles. The Labute approximate surface area is 181 Å². The molecule has 1 aromatic carbocycles. The predicted molar refractivity (Wildman–Crippen MR) is 118 cm³/mol. The molecule has 10 heteroatoms. The second-order valence-electron chi connectivity index (χ2n) is 7.85. The van der Waals surface area contributed by atoms with E-state index in [0.29, 0.717) is 17.6 Å². The van der Waals surface area contributed by atoms with Crippen molar-refractivity contribution >= 4 is 27.0 Å². The zero-order valence-electron chi connectivity index (χ0n) is 18.1. The fraction of sp³-hybridized carbons (Fsp3) is 0.476. The van der Waals surface area contributed by atoms with Crippen LogP contribution in [0.15, 0.2) is 44.3 Å². The highest BCUT2D eigenvalue weighted by Crippen LogP contribution is 2.20. The molecule has 1 aliphatic rings. The molecule has 0 aliphatic heterocycles. The number of benzene rings is 1. The number of rotatable bonds is 7. The maximum absolute atomic E-state index is 13.0. The van der Waals surface area contributed by atoms with Gasteiger partial charge in [0, 0.05) is 27.7 Å². The molecule has 1 amide bonds. The number of nitrogens with one attached hydrogen (secondary N) is 1. The van der Waals surface area contributed by atoms with Gasteiger partial charge in [-0.15, -0.1) is 0 Å². The zero-order chi connectivity index (χ0) is 22.8. The van der Waals surface area contributed by atoms with E-state index in [0.717, 1.165) is 28.1 Å². The Morgan fingerprint density at radius 1 is 1.10 bits per heavy atom. The second-order valence-corrected chi connectivity index (χ2v) is 9.89. The van der Waals surface area contributed by atoms with E-state index in [9.17, 15) is 22.8 Å². The number of aryl methyl sites for hydroxylation is 2. The van der Waals surface area contributed by atoms with E-state index >= 15 is 0 Å². The Bertz CT molecular complexity index is 1260. The number of fused-ring (bicyclic) bond motifs is 1. The van der Waals surface area contributed by atoms with Crippen LogP contribution in [-0.2, 0) is 28.9 Å². The molecule has 0 spiro atoms. The van der Waals surface area contributed by atoms with Gasteiger partial charge in [0.15, 0.2) is 0 Å². The van der Waals surface area contributed by atoms with Gasteiger partial charge in [-0.3, -0.25) is 14.4 Å². The Balaban J connectivity index is 1.73. The van der Waals surface area contributed by atoms with Crippen molar-refractivity contribution in [1.82, 2.24) is 18.8 Å². The summed E-state index contributed by atoms with van der Waals surface area (Å²) in [5.41, 5.74) is 0.646. The van der Waals surface area contributed by atoms with Gasteiger partial charge in [-0.2, -0.15) is 4.31 Å². The lowest BCUT2D eigenvalue weighted by Crippen LogP contribution is -2.40. The first-order valence-electron chi connectivity index (χ1n) is 10.2. The Morgan fingerprint density at radius 3 is 2.42 bits per heavy atom. The molecule has 9 nitrogen and oxygen atoms in total. The quantitative estimate of drug-likeness (QED) is 0.499. The molecule has 1 aliphatic carbocycles. The minimum atomic E-state index is -3.97. The van der Waals surface area contributed by atoms with Crippen LogP contribution in [0.4, 0.5) is 0 Å². The van der Waals surface area contributed by atoms with E-state index in [1.54, 1.807) is 0 Å². The van der Waals surface area contributed by atoms with Gasteiger partial charge >= 0.3 is 11.1 Å². The van der Waals surface area contributed by atoms with Crippen molar-refractivity contribution in [3.63, 3.8) is 0 Å². The van der Waals surface area contributed by atoms with Gasteiger partial charge in [0.25, 0.3) is 0 Å². The number of hydrogen-bond donors (Lipinski definition) is 1. The summed E-state index contributed by atoms with van der Waals surface area (Å²) < 4.78 is 29.2. The number of nitrogens with zero attached hydrogens (tertiary/aromatic N) is 3. The van der Waals surface area contributed by atoms with E-state index in [2.05, 4.69) is 11.4 Å². The van der Waals surface area contributed by atoms with Gasteiger partial charge in [-0.05, 0) is 50.3 Å². The van der Waals surface area contributed by atoms with Crippen LogP contribution in [0.1, 0.15) is 32.1 Å². The maximum atomic E-state index is 13.0. The summed E-state index contributed by atoms with van der Waals surface area (Å²) in [4.78, 5) is 36.2. The number of carbonyl (C=O) groups is 1. The summed E-state index contributed by atoms with van der Waals surface area (Å²) >= 11 is 0. The number of sulfonamides is 1. The van der Waals surface area contributed by atoms with Crippen molar-refractivity contribution < 1.29 is 13.2 Å². The maximum Gasteiger partial charge on any atom is 0.316 e. The van der Waals surface area contributed by atoms with Crippen molar-refractivity contribution in [1.29, 1.82) is 0 Å². The fourth-order valence-electron chi connectivity index (χ4n) is 3.74. The van der Waals surface area contributed by atoms with Crippen molar-refractivity contribution in [2.24, 2.45) is 14.1 Å². The van der Waals surface area contributed by atoms with Crippen molar-refractivity contribution in [3.8, 4) is 0 Å². The molecule has 0 unspecified atom stereocenters. The van der Waals surface area contributed by atoms with Gasteiger partial charge in [-0.1, -0.05) is 11.6 Å². The SMILES string of the molecule is CN(CC(=O)NCCC1=CCCCC1)S(=O)(=O)c1ccc2c(c1)n(C)c(=O)c(=O)n2C. The van der Waals surface area contributed by atoms with E-state index in [4.69, 9.17) is 0 Å². The highest BCUT2D eigenvalue weighted by atomic mass is 32.2. The molecular formula is C21H28N4O5S. The van der Waals surface area contributed by atoms with Crippen LogP contribution in [0.3, 0.4) is 0 Å². The lowest BCUT2D eigenvalue weighted by atomic mass is 9.97. The molecule has 0 saturated carbocycles. The summed E-state index contributed by atoms with van der Waals surface area (Å²) in [6.07, 6.45) is 7.51. The number of hydrogen-bond acceptors (Lipinski definition) is 5. The van der Waals surface area contributed by atoms with Crippen LogP contribution in [0, 0.1) is 0 Å². The number of aromatic nitrogens is 2. The van der Waals surface area contributed by atoms with Gasteiger partial charge in [-0.25, -0.2) is 8.42 Å². The van der Waals surface area contributed by atoms with Gasteiger partial charge in [0.05, 0.1) is 22.5 Å². The van der Waals surface area contributed by atoms with E-state index in [1.165, 1.54) is 62.3 Å². The Kier molecular flexibility index (Phi) is 6.80. The summed E-state index contributed by atoms with van der Waals surface area (Å²) in [5.74, 6) is -0.377. The average molecular weight is 449 g/mol. The average Bonchev–Trinajstić information content (AvgIpc) is 2.76. The van der Waals surface area contributed by atoms with Crippen LogP contribution in [0.25, 0.3) is 11.0 Å². The van der Waals surface area contributed by atoms with Crippen LogP contribution in [0.2, 0.25) is 0 Å². The second kappa shape index (κ2) is 9.19. The van der Waals surface area contributed by atoms with Crippen LogP contribution in [-0.4, -0.2) is 47.9 Å². The standard InChI is InChI=1S/C21H28N4O5S/c1-23(14-19(26)22-12-11-15-7-5-4-6-8-15)31(29,30)16-9-10-17-18(13-16)25(3)21(28)20(27)24(17)2/h7,9-10,13H,4-6,8,11-12,14H2,1-3H3,(H,22,26). The van der Waals surface area contributed by atoms with Crippen LogP contribution >= 0.6 is 0 Å². The van der Waals surface area contributed by atoms with Gasteiger partial charge in [0.2, 0.25) is 15.9 Å². The number of allylic oxidation sites excluding steroid dienone is 1. The number of likely N-dealkylation sites (N-methyl/N-ethyl adjacent to an activating group) is 1. The van der Waals surface area contributed by atoms with Crippen molar-refractivity contribution in [2.75, 3.05) is 20.1 Å². The molecule has 168 valence electrons. The number of amides is 1. The van der Waals surface area contributed by atoms with Gasteiger partial charge < -0.3 is 14.5 Å². The molecular weight excluding hydrogens is 420 g/mol. The first kappa shape index (κ1) is 23.0. The van der Waals surface area contributed by atoms with Crippen LogP contribution < -0.4 is 16.4 Å². The minimum absolute atomic E-state index is 0.0590. The molecule has 3 rings (SSSR count). The summed E-state index contributed by atoms with van der Waals surface area (Å²) in [6, 6.07) is 4.19. The van der Waals surface area contributed by atoms with Crippen LogP contribution in [0.5, 0.6) is 0 Å². The summed E-state index contributed by atoms with van der Waals surface area (Å²) in [6.45, 7) is 0.163. The third-order valence-corrected chi connectivity index (χ3v) is 7.49. The summed E-state index contributed by atoms with van der Waals surface area (Å²) in [7, 11) is 0.247. The largest absolute Gasteiger partial charge is 0.355 e. The van der Waals surface area contributed by atoms with Crippen molar-refractivity contribution in [3.05, 3.63) is 50.6 Å². The lowest BCUT2D eigenvalue weighted by Gasteiger charge is -2.18. The lowest BCUT2D eigenvalue weighted by molar-refractivity contribution is -0.121. The minimum Gasteiger partial charge on any atom is -0.355 e. The third kappa shape index (κ3) is 4.80. The fourth-order valence-corrected chi connectivity index (χ4v) is 4.89. The number of carbonyl (C=O) groups excluding carboxylic acids is 1. The molecule has 0 radical (unpaired) electrons. The molecule has 31 heavy (non-hydrogen) atoms. The third-order valence-electron chi connectivity index (χ3n) is 5.69. The van der Waals surface area contributed by atoms with E-state index in [-0.39, 0.29) is 17.3 Å². The molecule has 0 fully saturated rings. The molecule has 1 heterocycles. The molecule has 1 N–H and O–H groups in total. The smallest absolute Gasteiger partial charge is 0.316 e. The molecule has 0 saturated heterocycles. The Morgan fingerprint density at radius 2 is 1.77 bits per heavy atom. The Hall–Kier alpha value is -2.72. The normalized spacial score (nSPS) is 14.6. The first-order chi connectivity index (χ1) is 14.6.